The molecule has 0 rings (SSSR count). The summed E-state index contributed by atoms with van der Waals surface area (Å²) in [5.41, 5.74) is 0.458. The maximum absolute atomic E-state index is 3.52. The lowest BCUT2D eigenvalue weighted by Gasteiger charge is -2.20. The van der Waals surface area contributed by atoms with Crippen LogP contribution in [0, 0.1) is 5.41 Å². The van der Waals surface area contributed by atoms with Crippen molar-refractivity contribution in [2.45, 2.75) is 53.4 Å². The van der Waals surface area contributed by atoms with E-state index >= 15 is 0 Å². The molecule has 16 heavy (non-hydrogen) atoms. The summed E-state index contributed by atoms with van der Waals surface area (Å²) in [5, 5.41) is 3.52. The lowest BCUT2D eigenvalue weighted by Crippen LogP contribution is -2.31. The second kappa shape index (κ2) is 9.00. The Morgan fingerprint density at radius 3 is 2.25 bits per heavy atom. The molecule has 2 heteroatoms. The summed E-state index contributed by atoms with van der Waals surface area (Å²) < 4.78 is 0. The van der Waals surface area contributed by atoms with Crippen LogP contribution in [0.15, 0.2) is 0 Å². The first-order valence-electron chi connectivity index (χ1n) is 6.85. The van der Waals surface area contributed by atoms with E-state index in [4.69, 9.17) is 0 Å². The van der Waals surface area contributed by atoms with E-state index in [0.29, 0.717) is 5.41 Å². The van der Waals surface area contributed by atoms with Crippen molar-refractivity contribution >= 4 is 0 Å². The maximum atomic E-state index is 3.52. The molecule has 0 saturated carbocycles. The number of nitrogens with one attached hydrogen (secondary N) is 1. The Kier molecular flexibility index (Phi) is 8.96. The van der Waals surface area contributed by atoms with E-state index in [0.717, 1.165) is 13.1 Å². The lowest BCUT2D eigenvalue weighted by molar-refractivity contribution is 0.314. The minimum Gasteiger partial charge on any atom is -0.315 e. The van der Waals surface area contributed by atoms with Gasteiger partial charge in [0.15, 0.2) is 0 Å². The summed E-state index contributed by atoms with van der Waals surface area (Å²) in [5.74, 6) is 0. The topological polar surface area (TPSA) is 15.3 Å². The zero-order chi connectivity index (χ0) is 12.4. The van der Waals surface area contributed by atoms with E-state index in [1.807, 2.05) is 0 Å². The standard InChI is InChI=1S/C14H32N2/c1-6-7-8-12-16(5)13-11-15-10-9-14(2,3)4/h15H,6-13H2,1-5H3. The Labute approximate surface area is 103 Å². The summed E-state index contributed by atoms with van der Waals surface area (Å²) in [6.45, 7) is 13.8. The van der Waals surface area contributed by atoms with Crippen molar-refractivity contribution in [1.29, 1.82) is 0 Å². The van der Waals surface area contributed by atoms with Gasteiger partial charge in [-0.2, -0.15) is 0 Å². The van der Waals surface area contributed by atoms with Crippen molar-refractivity contribution < 1.29 is 0 Å². The molecule has 0 aromatic carbocycles. The molecule has 98 valence electrons. The van der Waals surface area contributed by atoms with Crippen LogP contribution in [-0.4, -0.2) is 38.1 Å². The highest BCUT2D eigenvalue weighted by Crippen LogP contribution is 2.16. The molecule has 0 aliphatic heterocycles. The van der Waals surface area contributed by atoms with Gasteiger partial charge in [-0.05, 0) is 38.4 Å². The molecule has 0 fully saturated rings. The highest BCUT2D eigenvalue weighted by Gasteiger charge is 2.08. The fourth-order valence-corrected chi connectivity index (χ4v) is 1.60. The van der Waals surface area contributed by atoms with Crippen molar-refractivity contribution in [2.24, 2.45) is 5.41 Å². The Hall–Kier alpha value is -0.0800. The number of nitrogens with zero attached hydrogens (tertiary/aromatic N) is 1. The van der Waals surface area contributed by atoms with Crippen LogP contribution >= 0.6 is 0 Å². The van der Waals surface area contributed by atoms with Crippen molar-refractivity contribution in [2.75, 3.05) is 33.2 Å². The molecule has 0 aliphatic carbocycles. The van der Waals surface area contributed by atoms with Gasteiger partial charge in [0.05, 0.1) is 0 Å². The van der Waals surface area contributed by atoms with E-state index in [2.05, 4.69) is 45.0 Å². The third-order valence-electron chi connectivity index (χ3n) is 2.87. The van der Waals surface area contributed by atoms with Gasteiger partial charge in [-0.25, -0.2) is 0 Å². The molecule has 0 aromatic heterocycles. The molecule has 0 saturated heterocycles. The number of likely N-dealkylation sites (N-methyl/N-ethyl adjacent to an activating group) is 1. The molecule has 0 spiro atoms. The molecule has 0 amide bonds. The van der Waals surface area contributed by atoms with E-state index in [9.17, 15) is 0 Å². The molecule has 0 heterocycles. The van der Waals surface area contributed by atoms with Crippen LogP contribution in [-0.2, 0) is 0 Å². The Morgan fingerprint density at radius 2 is 1.69 bits per heavy atom. The average Bonchev–Trinajstić information content (AvgIpc) is 2.16. The summed E-state index contributed by atoms with van der Waals surface area (Å²) in [7, 11) is 2.22. The minimum atomic E-state index is 0.458. The van der Waals surface area contributed by atoms with Gasteiger partial charge in [0, 0.05) is 13.1 Å². The molecular weight excluding hydrogens is 196 g/mol. The number of unbranched alkanes of at least 4 members (excludes halogenated alkanes) is 2. The Bertz CT molecular complexity index is 149. The number of hydrogen-bond acceptors (Lipinski definition) is 2. The predicted molar refractivity (Wildman–Crippen MR) is 74.0 cm³/mol. The van der Waals surface area contributed by atoms with Gasteiger partial charge in [0.2, 0.25) is 0 Å². The van der Waals surface area contributed by atoms with Gasteiger partial charge in [0.1, 0.15) is 0 Å². The van der Waals surface area contributed by atoms with Crippen LogP contribution in [0.25, 0.3) is 0 Å². The van der Waals surface area contributed by atoms with Gasteiger partial charge in [0.25, 0.3) is 0 Å². The van der Waals surface area contributed by atoms with Crippen LogP contribution in [0.5, 0.6) is 0 Å². The summed E-state index contributed by atoms with van der Waals surface area (Å²) in [6, 6.07) is 0. The van der Waals surface area contributed by atoms with Crippen molar-refractivity contribution in [1.82, 2.24) is 10.2 Å². The minimum absolute atomic E-state index is 0.458. The van der Waals surface area contributed by atoms with Gasteiger partial charge >= 0.3 is 0 Å². The highest BCUT2D eigenvalue weighted by atomic mass is 15.1. The van der Waals surface area contributed by atoms with E-state index < -0.39 is 0 Å². The van der Waals surface area contributed by atoms with Crippen molar-refractivity contribution in [3.05, 3.63) is 0 Å². The van der Waals surface area contributed by atoms with Crippen LogP contribution in [0.1, 0.15) is 53.4 Å². The zero-order valence-corrected chi connectivity index (χ0v) is 12.1. The van der Waals surface area contributed by atoms with Gasteiger partial charge < -0.3 is 10.2 Å². The second-order valence-corrected chi connectivity index (χ2v) is 6.07. The molecular formula is C14H32N2. The van der Waals surface area contributed by atoms with Crippen LogP contribution in [0.2, 0.25) is 0 Å². The first-order chi connectivity index (χ1) is 7.45. The Morgan fingerprint density at radius 1 is 1.00 bits per heavy atom. The van der Waals surface area contributed by atoms with Crippen LogP contribution in [0.3, 0.4) is 0 Å². The lowest BCUT2D eigenvalue weighted by atomic mass is 9.92. The van der Waals surface area contributed by atoms with E-state index in [1.54, 1.807) is 0 Å². The van der Waals surface area contributed by atoms with Crippen molar-refractivity contribution in [3.8, 4) is 0 Å². The van der Waals surface area contributed by atoms with Gasteiger partial charge in [-0.15, -0.1) is 0 Å². The van der Waals surface area contributed by atoms with Crippen LogP contribution < -0.4 is 5.32 Å². The zero-order valence-electron chi connectivity index (χ0n) is 12.1. The quantitative estimate of drug-likeness (QED) is 0.610. The monoisotopic (exact) mass is 228 g/mol. The fraction of sp³-hybridized carbons (Fsp3) is 1.00. The molecule has 0 atom stereocenters. The summed E-state index contributed by atoms with van der Waals surface area (Å²) >= 11 is 0. The Balaban J connectivity index is 3.24. The number of hydrogen-bond donors (Lipinski definition) is 1. The molecule has 0 aromatic rings. The third kappa shape index (κ3) is 12.0. The van der Waals surface area contributed by atoms with Crippen LogP contribution in [0.4, 0.5) is 0 Å². The maximum Gasteiger partial charge on any atom is 0.0104 e. The van der Waals surface area contributed by atoms with Gasteiger partial charge in [-0.3, -0.25) is 0 Å². The highest BCUT2D eigenvalue weighted by molar-refractivity contribution is 4.63. The first-order valence-corrected chi connectivity index (χ1v) is 6.85. The summed E-state index contributed by atoms with van der Waals surface area (Å²) in [4.78, 5) is 2.43. The van der Waals surface area contributed by atoms with Gasteiger partial charge in [-0.1, -0.05) is 40.5 Å². The molecule has 1 N–H and O–H groups in total. The average molecular weight is 228 g/mol. The predicted octanol–water partition coefficient (Wildman–Crippen LogP) is 3.13. The smallest absolute Gasteiger partial charge is 0.0104 e. The molecule has 0 unspecified atom stereocenters. The number of rotatable bonds is 9. The largest absolute Gasteiger partial charge is 0.315 e. The first kappa shape index (κ1) is 15.9. The van der Waals surface area contributed by atoms with E-state index in [-0.39, 0.29) is 0 Å². The second-order valence-electron chi connectivity index (χ2n) is 6.07. The summed E-state index contributed by atoms with van der Waals surface area (Å²) in [6.07, 6.45) is 5.28. The molecule has 0 radical (unpaired) electrons. The third-order valence-corrected chi connectivity index (χ3v) is 2.87. The SMILES string of the molecule is CCCCCN(C)CCNCCC(C)(C)C. The normalized spacial score (nSPS) is 12.4. The van der Waals surface area contributed by atoms with Crippen molar-refractivity contribution in [3.63, 3.8) is 0 Å². The molecule has 0 aliphatic rings. The van der Waals surface area contributed by atoms with E-state index in [1.165, 1.54) is 38.8 Å². The molecule has 2 nitrogen and oxygen atoms in total. The fourth-order valence-electron chi connectivity index (χ4n) is 1.60. The molecule has 0 bridgehead atoms.